The van der Waals surface area contributed by atoms with E-state index in [-0.39, 0.29) is 0 Å². The number of hydrogen-bond acceptors (Lipinski definition) is 6. The van der Waals surface area contributed by atoms with E-state index >= 15 is 0 Å². The molecule has 6 aromatic rings. The summed E-state index contributed by atoms with van der Waals surface area (Å²) in [6, 6.07) is 21.4. The Balaban J connectivity index is 1.34. The molecule has 0 radical (unpaired) electrons. The monoisotopic (exact) mass is 478 g/mol. The van der Waals surface area contributed by atoms with Gasteiger partial charge in [-0.25, -0.2) is 15.0 Å². The first-order valence-corrected chi connectivity index (χ1v) is 12.8. The largest absolute Gasteiger partial charge is 0.340 e. The normalized spacial score (nSPS) is 11.4. The van der Waals surface area contributed by atoms with Crippen molar-refractivity contribution in [3.8, 4) is 21.7 Å². The molecule has 34 heavy (non-hydrogen) atoms. The lowest BCUT2D eigenvalue weighted by Gasteiger charge is -2.10. The second-order valence-electron chi connectivity index (χ2n) is 8.54. The van der Waals surface area contributed by atoms with Crippen molar-refractivity contribution >= 4 is 54.6 Å². The number of thiophene rings is 1. The molecule has 6 rings (SSSR count). The van der Waals surface area contributed by atoms with Gasteiger partial charge in [0.15, 0.2) is 0 Å². The van der Waals surface area contributed by atoms with Gasteiger partial charge in [-0.05, 0) is 79.4 Å². The zero-order valence-electron chi connectivity index (χ0n) is 19.1. The zero-order valence-corrected chi connectivity index (χ0v) is 20.7. The van der Waals surface area contributed by atoms with Crippen molar-refractivity contribution in [2.24, 2.45) is 0 Å². The standard InChI is InChI=1S/C28H22N4S2/c1-16-4-11-23-24(12-16)34-27(32-23)19-7-9-21(10-8-19)31-26-25-22(14-33-28(25)30-15-29-26)20-6-5-17(2)18(3)13-20/h4-15H,1-3H3,(H,29,30,31). The molecule has 0 unspecified atom stereocenters. The Labute approximate surface area is 206 Å². The van der Waals surface area contributed by atoms with E-state index in [0.717, 1.165) is 43.4 Å². The van der Waals surface area contributed by atoms with Gasteiger partial charge in [-0.3, -0.25) is 0 Å². The topological polar surface area (TPSA) is 50.7 Å². The first-order valence-electron chi connectivity index (χ1n) is 11.1. The second kappa shape index (κ2) is 8.31. The number of aromatic nitrogens is 3. The molecule has 166 valence electrons. The van der Waals surface area contributed by atoms with Crippen LogP contribution in [0.2, 0.25) is 0 Å². The average molecular weight is 479 g/mol. The van der Waals surface area contributed by atoms with Crippen LogP contribution >= 0.6 is 22.7 Å². The lowest BCUT2D eigenvalue weighted by molar-refractivity contribution is 1.23. The number of aryl methyl sites for hydroxylation is 3. The van der Waals surface area contributed by atoms with Gasteiger partial charge in [-0.2, -0.15) is 0 Å². The Morgan fingerprint density at radius 3 is 2.44 bits per heavy atom. The lowest BCUT2D eigenvalue weighted by Crippen LogP contribution is -1.95. The highest BCUT2D eigenvalue weighted by Crippen LogP contribution is 2.38. The molecule has 0 atom stereocenters. The average Bonchev–Trinajstić information content (AvgIpc) is 3.46. The molecule has 0 aliphatic carbocycles. The number of anilines is 2. The van der Waals surface area contributed by atoms with Gasteiger partial charge in [0.05, 0.1) is 15.6 Å². The molecule has 3 aromatic carbocycles. The summed E-state index contributed by atoms with van der Waals surface area (Å²) in [7, 11) is 0. The smallest absolute Gasteiger partial charge is 0.143 e. The molecule has 0 aliphatic rings. The van der Waals surface area contributed by atoms with E-state index in [9.17, 15) is 0 Å². The van der Waals surface area contributed by atoms with Gasteiger partial charge in [0.25, 0.3) is 0 Å². The fourth-order valence-corrected chi connectivity index (χ4v) is 6.06. The van der Waals surface area contributed by atoms with E-state index in [1.807, 2.05) is 0 Å². The van der Waals surface area contributed by atoms with E-state index in [4.69, 9.17) is 4.98 Å². The van der Waals surface area contributed by atoms with Crippen molar-refractivity contribution in [1.29, 1.82) is 0 Å². The Hall–Kier alpha value is -3.61. The van der Waals surface area contributed by atoms with Crippen LogP contribution in [0.15, 0.2) is 72.4 Å². The van der Waals surface area contributed by atoms with Crippen molar-refractivity contribution in [2.75, 3.05) is 5.32 Å². The maximum atomic E-state index is 4.81. The number of thiazole rings is 1. The van der Waals surface area contributed by atoms with Gasteiger partial charge in [0.1, 0.15) is 22.0 Å². The summed E-state index contributed by atoms with van der Waals surface area (Å²) in [5.41, 5.74) is 9.33. The summed E-state index contributed by atoms with van der Waals surface area (Å²) in [6.07, 6.45) is 1.63. The van der Waals surface area contributed by atoms with E-state index in [1.54, 1.807) is 29.0 Å². The van der Waals surface area contributed by atoms with Gasteiger partial charge in [-0.1, -0.05) is 24.3 Å². The van der Waals surface area contributed by atoms with Crippen LogP contribution in [0.25, 0.3) is 42.1 Å². The molecule has 0 amide bonds. The van der Waals surface area contributed by atoms with E-state index in [1.165, 1.54) is 27.0 Å². The summed E-state index contributed by atoms with van der Waals surface area (Å²) in [5.74, 6) is 0.822. The minimum absolute atomic E-state index is 0.822. The molecule has 1 N–H and O–H groups in total. The number of fused-ring (bicyclic) bond motifs is 2. The van der Waals surface area contributed by atoms with Crippen LogP contribution in [0.5, 0.6) is 0 Å². The van der Waals surface area contributed by atoms with Crippen LogP contribution in [0.3, 0.4) is 0 Å². The maximum Gasteiger partial charge on any atom is 0.143 e. The minimum atomic E-state index is 0.822. The quantitative estimate of drug-likeness (QED) is 0.277. The molecule has 0 fully saturated rings. The van der Waals surface area contributed by atoms with E-state index in [0.29, 0.717) is 0 Å². The molecule has 4 nitrogen and oxygen atoms in total. The lowest BCUT2D eigenvalue weighted by atomic mass is 10.0. The molecule has 0 bridgehead atoms. The highest BCUT2D eigenvalue weighted by Gasteiger charge is 2.14. The summed E-state index contributed by atoms with van der Waals surface area (Å²) in [4.78, 5) is 14.9. The number of rotatable bonds is 4. The molecule has 0 saturated carbocycles. The van der Waals surface area contributed by atoms with Crippen molar-refractivity contribution < 1.29 is 0 Å². The number of nitrogens with zero attached hydrogens (tertiary/aromatic N) is 3. The third-order valence-electron chi connectivity index (χ3n) is 6.13. The van der Waals surface area contributed by atoms with Crippen molar-refractivity contribution in [3.63, 3.8) is 0 Å². The first-order chi connectivity index (χ1) is 16.5. The summed E-state index contributed by atoms with van der Waals surface area (Å²) in [6.45, 7) is 6.40. The molecule has 3 aromatic heterocycles. The van der Waals surface area contributed by atoms with Crippen molar-refractivity contribution in [1.82, 2.24) is 15.0 Å². The molecular formula is C28H22N4S2. The Bertz CT molecular complexity index is 1660. The fourth-order valence-electron chi connectivity index (χ4n) is 4.08. The molecule has 6 heteroatoms. The number of nitrogens with one attached hydrogen (secondary N) is 1. The van der Waals surface area contributed by atoms with Gasteiger partial charge in [-0.15, -0.1) is 22.7 Å². The van der Waals surface area contributed by atoms with Crippen LogP contribution in [0.1, 0.15) is 16.7 Å². The zero-order chi connectivity index (χ0) is 23.2. The molecule has 3 heterocycles. The molecule has 0 spiro atoms. The Morgan fingerprint density at radius 2 is 1.62 bits per heavy atom. The van der Waals surface area contributed by atoms with Crippen molar-refractivity contribution in [2.45, 2.75) is 20.8 Å². The van der Waals surface area contributed by atoms with Crippen LogP contribution < -0.4 is 5.32 Å². The predicted octanol–water partition coefficient (Wildman–Crippen LogP) is 8.30. The highest BCUT2D eigenvalue weighted by atomic mass is 32.1. The predicted molar refractivity (Wildman–Crippen MR) is 145 cm³/mol. The second-order valence-corrected chi connectivity index (χ2v) is 10.4. The minimum Gasteiger partial charge on any atom is -0.340 e. The SMILES string of the molecule is Cc1ccc2nc(-c3ccc(Nc4ncnc5scc(-c6ccc(C)c(C)c6)c45)cc3)sc2c1. The van der Waals surface area contributed by atoms with Crippen LogP contribution in [-0.2, 0) is 0 Å². The van der Waals surface area contributed by atoms with Crippen molar-refractivity contribution in [3.05, 3.63) is 89.1 Å². The van der Waals surface area contributed by atoms with Gasteiger partial charge < -0.3 is 5.32 Å². The maximum absolute atomic E-state index is 4.81. The number of benzene rings is 3. The highest BCUT2D eigenvalue weighted by molar-refractivity contribution is 7.21. The fraction of sp³-hybridized carbons (Fsp3) is 0.107. The Morgan fingerprint density at radius 1 is 0.794 bits per heavy atom. The summed E-state index contributed by atoms with van der Waals surface area (Å²) in [5, 5.41) is 7.78. The third kappa shape index (κ3) is 3.75. The van der Waals surface area contributed by atoms with Crippen LogP contribution in [0.4, 0.5) is 11.5 Å². The van der Waals surface area contributed by atoms with Crippen LogP contribution in [-0.4, -0.2) is 15.0 Å². The molecular weight excluding hydrogens is 456 g/mol. The molecule has 0 aliphatic heterocycles. The first kappa shape index (κ1) is 21.0. The van der Waals surface area contributed by atoms with Crippen LogP contribution in [0, 0.1) is 20.8 Å². The Kier molecular flexibility index (Phi) is 5.12. The number of hydrogen-bond donors (Lipinski definition) is 1. The van der Waals surface area contributed by atoms with E-state index in [2.05, 4.69) is 102 Å². The van der Waals surface area contributed by atoms with E-state index < -0.39 is 0 Å². The van der Waals surface area contributed by atoms with Gasteiger partial charge in [0, 0.05) is 22.2 Å². The van der Waals surface area contributed by atoms with Gasteiger partial charge >= 0.3 is 0 Å². The third-order valence-corrected chi connectivity index (χ3v) is 8.08. The summed E-state index contributed by atoms with van der Waals surface area (Å²) < 4.78 is 1.22. The summed E-state index contributed by atoms with van der Waals surface area (Å²) >= 11 is 3.38. The van der Waals surface area contributed by atoms with Gasteiger partial charge in [0.2, 0.25) is 0 Å². The molecule has 0 saturated heterocycles.